The molecular weight excluding hydrogens is 432 g/mol. The number of benzene rings is 2. The van der Waals surface area contributed by atoms with Gasteiger partial charge in [0.1, 0.15) is 10.0 Å². The number of aromatic nitrogens is 1. The normalized spacial score (nSPS) is 15.9. The van der Waals surface area contributed by atoms with Gasteiger partial charge < -0.3 is 5.32 Å². The minimum absolute atomic E-state index is 0.0443. The molecule has 152 valence electrons. The highest BCUT2D eigenvalue weighted by Gasteiger charge is 2.27. The second-order valence-corrected chi connectivity index (χ2v) is 10.4. The highest BCUT2D eigenvalue weighted by molar-refractivity contribution is 7.22. The van der Waals surface area contributed by atoms with Gasteiger partial charge in [-0.3, -0.25) is 4.79 Å². The van der Waals surface area contributed by atoms with Gasteiger partial charge in [-0.15, -0.1) is 22.7 Å². The number of fused-ring (bicyclic) bond motifs is 2. The minimum atomic E-state index is -0.0443. The lowest BCUT2D eigenvalue weighted by Crippen LogP contribution is -2.14. The van der Waals surface area contributed by atoms with E-state index >= 15 is 0 Å². The number of para-hydroxylation sites is 1. The number of nitrogens with one attached hydrogen (secondary N) is 1. The Morgan fingerprint density at radius 1 is 1.17 bits per heavy atom. The van der Waals surface area contributed by atoms with E-state index in [0.717, 1.165) is 39.5 Å². The summed E-state index contributed by atoms with van der Waals surface area (Å²) in [7, 11) is 0. The van der Waals surface area contributed by atoms with Crippen molar-refractivity contribution < 1.29 is 4.79 Å². The van der Waals surface area contributed by atoms with Gasteiger partial charge >= 0.3 is 0 Å². The second kappa shape index (κ2) is 8.14. The molecule has 0 saturated carbocycles. The first-order valence-corrected chi connectivity index (χ1v) is 12.1. The fraction of sp³-hybridized carbons (Fsp3) is 0.250. The molecule has 1 amide bonds. The number of thiophene rings is 1. The minimum Gasteiger partial charge on any atom is -0.317 e. The Morgan fingerprint density at radius 3 is 2.80 bits per heavy atom. The molecule has 2 aromatic heterocycles. The number of hydrogen-bond donors (Lipinski definition) is 1. The summed E-state index contributed by atoms with van der Waals surface area (Å²) in [5.74, 6) is 0.628. The quantitative estimate of drug-likeness (QED) is 0.362. The molecule has 0 aliphatic heterocycles. The summed E-state index contributed by atoms with van der Waals surface area (Å²) >= 11 is 9.67. The van der Waals surface area contributed by atoms with Crippen LogP contribution in [0.2, 0.25) is 5.02 Å². The number of thiazole rings is 1. The Morgan fingerprint density at radius 2 is 1.97 bits per heavy atom. The van der Waals surface area contributed by atoms with Gasteiger partial charge in [0.25, 0.3) is 0 Å². The summed E-state index contributed by atoms with van der Waals surface area (Å²) in [4.78, 5) is 19.2. The van der Waals surface area contributed by atoms with Crippen LogP contribution in [-0.4, -0.2) is 10.9 Å². The van der Waals surface area contributed by atoms with E-state index < -0.39 is 0 Å². The molecule has 5 rings (SSSR count). The van der Waals surface area contributed by atoms with Crippen molar-refractivity contribution in [1.29, 1.82) is 0 Å². The van der Waals surface area contributed by atoms with Gasteiger partial charge in [0.15, 0.2) is 0 Å². The zero-order chi connectivity index (χ0) is 20.7. The van der Waals surface area contributed by atoms with E-state index in [1.807, 2.05) is 42.5 Å². The highest BCUT2D eigenvalue weighted by atomic mass is 35.5. The van der Waals surface area contributed by atoms with Crippen LogP contribution in [0.25, 0.3) is 20.8 Å². The molecule has 0 radical (unpaired) electrons. The third kappa shape index (κ3) is 3.78. The van der Waals surface area contributed by atoms with Gasteiger partial charge in [-0.05, 0) is 54.5 Å². The molecule has 0 saturated heterocycles. The number of hydrogen-bond acceptors (Lipinski definition) is 4. The fourth-order valence-electron chi connectivity index (χ4n) is 4.03. The first-order chi connectivity index (χ1) is 14.6. The molecule has 3 nitrogen and oxygen atoms in total. The van der Waals surface area contributed by atoms with Gasteiger partial charge in [-0.25, -0.2) is 4.98 Å². The number of nitrogens with zero attached hydrogens (tertiary/aromatic N) is 1. The van der Waals surface area contributed by atoms with Crippen LogP contribution >= 0.6 is 34.3 Å². The predicted molar refractivity (Wildman–Crippen MR) is 128 cm³/mol. The van der Waals surface area contributed by atoms with Gasteiger partial charge in [-0.2, -0.15) is 0 Å². The van der Waals surface area contributed by atoms with E-state index in [-0.39, 0.29) is 12.3 Å². The van der Waals surface area contributed by atoms with Crippen LogP contribution in [0, 0.1) is 5.92 Å². The van der Waals surface area contributed by atoms with E-state index in [1.165, 1.54) is 21.6 Å². The van der Waals surface area contributed by atoms with Crippen molar-refractivity contribution in [1.82, 2.24) is 4.98 Å². The fourth-order valence-corrected chi connectivity index (χ4v) is 6.77. The van der Waals surface area contributed by atoms with Gasteiger partial charge in [0.2, 0.25) is 5.91 Å². The molecule has 2 heterocycles. The topological polar surface area (TPSA) is 42.0 Å². The molecule has 2 aromatic carbocycles. The van der Waals surface area contributed by atoms with Gasteiger partial charge in [0.05, 0.1) is 16.6 Å². The van der Waals surface area contributed by atoms with Crippen LogP contribution in [0.1, 0.15) is 29.3 Å². The standard InChI is InChI=1S/C24H21ClN2OS2/c1-14-10-11-16-20(12-14)30-24(27-21(28)13-15-6-2-3-7-17(15)25)22(16)23-26-18-8-4-5-9-19(18)29-23/h2-9,14H,10-13H2,1H3,(H,27,28). The van der Waals surface area contributed by atoms with Crippen molar-refractivity contribution in [2.24, 2.45) is 5.92 Å². The van der Waals surface area contributed by atoms with E-state index in [0.29, 0.717) is 10.9 Å². The zero-order valence-electron chi connectivity index (χ0n) is 16.6. The summed E-state index contributed by atoms with van der Waals surface area (Å²) in [5, 5.41) is 5.73. The molecule has 0 spiro atoms. The van der Waals surface area contributed by atoms with E-state index in [1.54, 1.807) is 22.7 Å². The Labute approximate surface area is 188 Å². The van der Waals surface area contributed by atoms with Crippen LogP contribution in [0.5, 0.6) is 0 Å². The summed E-state index contributed by atoms with van der Waals surface area (Å²) in [6.45, 7) is 2.30. The Kier molecular flexibility index (Phi) is 5.35. The number of carbonyl (C=O) groups excluding carboxylic acids is 1. The molecule has 6 heteroatoms. The molecule has 0 fully saturated rings. The van der Waals surface area contributed by atoms with Gasteiger partial charge in [-0.1, -0.05) is 48.9 Å². The Balaban J connectivity index is 1.52. The van der Waals surface area contributed by atoms with Crippen LogP contribution in [0.15, 0.2) is 48.5 Å². The average molecular weight is 453 g/mol. The molecule has 1 atom stereocenters. The lowest BCUT2D eigenvalue weighted by Gasteiger charge is -2.18. The molecule has 1 aliphatic rings. The third-order valence-corrected chi connectivity index (χ3v) is 8.17. The van der Waals surface area contributed by atoms with Crippen molar-refractivity contribution in [2.75, 3.05) is 5.32 Å². The molecule has 0 bridgehead atoms. The molecule has 1 N–H and O–H groups in total. The number of carbonyl (C=O) groups is 1. The first-order valence-electron chi connectivity index (χ1n) is 10.1. The monoisotopic (exact) mass is 452 g/mol. The summed E-state index contributed by atoms with van der Waals surface area (Å²) in [5.41, 5.74) is 4.34. The molecule has 30 heavy (non-hydrogen) atoms. The smallest absolute Gasteiger partial charge is 0.229 e. The van der Waals surface area contributed by atoms with Crippen LogP contribution < -0.4 is 5.32 Å². The molecule has 1 aliphatic carbocycles. The third-order valence-electron chi connectivity index (χ3n) is 5.58. The first kappa shape index (κ1) is 19.7. The van der Waals surface area contributed by atoms with Crippen molar-refractivity contribution in [3.63, 3.8) is 0 Å². The van der Waals surface area contributed by atoms with Crippen molar-refractivity contribution >= 4 is 55.4 Å². The maximum absolute atomic E-state index is 12.9. The maximum atomic E-state index is 12.9. The van der Waals surface area contributed by atoms with E-state index in [9.17, 15) is 4.79 Å². The van der Waals surface area contributed by atoms with Gasteiger partial charge in [0, 0.05) is 15.5 Å². The number of halogens is 1. The average Bonchev–Trinajstić information content (AvgIpc) is 3.29. The summed E-state index contributed by atoms with van der Waals surface area (Å²) in [6, 6.07) is 15.7. The Hall–Kier alpha value is -2.21. The molecule has 1 unspecified atom stereocenters. The number of anilines is 1. The summed E-state index contributed by atoms with van der Waals surface area (Å²) in [6.07, 6.45) is 3.55. The molecule has 4 aromatic rings. The van der Waals surface area contributed by atoms with Crippen LogP contribution in [-0.2, 0) is 24.1 Å². The second-order valence-electron chi connectivity index (χ2n) is 7.86. The number of amides is 1. The lowest BCUT2D eigenvalue weighted by atomic mass is 9.88. The SMILES string of the molecule is CC1CCc2c(sc(NC(=O)Cc3ccccc3Cl)c2-c2nc3ccccc3s2)C1. The lowest BCUT2D eigenvalue weighted by molar-refractivity contribution is -0.115. The Bertz CT molecular complexity index is 1210. The predicted octanol–water partition coefficient (Wildman–Crippen LogP) is 6.98. The summed E-state index contributed by atoms with van der Waals surface area (Å²) < 4.78 is 1.17. The van der Waals surface area contributed by atoms with E-state index in [2.05, 4.69) is 18.3 Å². The molecular formula is C24H21ClN2OS2. The highest BCUT2D eigenvalue weighted by Crippen LogP contribution is 2.47. The van der Waals surface area contributed by atoms with Crippen molar-refractivity contribution in [3.05, 3.63) is 69.6 Å². The zero-order valence-corrected chi connectivity index (χ0v) is 19.0. The van der Waals surface area contributed by atoms with Crippen molar-refractivity contribution in [3.8, 4) is 10.6 Å². The maximum Gasteiger partial charge on any atom is 0.229 e. The van der Waals surface area contributed by atoms with E-state index in [4.69, 9.17) is 16.6 Å². The largest absolute Gasteiger partial charge is 0.317 e. The van der Waals surface area contributed by atoms with Crippen LogP contribution in [0.4, 0.5) is 5.00 Å². The number of rotatable bonds is 4. The van der Waals surface area contributed by atoms with Crippen LogP contribution in [0.3, 0.4) is 0 Å². The van der Waals surface area contributed by atoms with Crippen molar-refractivity contribution in [2.45, 2.75) is 32.6 Å².